The number of fused-ring (bicyclic) bond motifs is 1. The number of nitrogens with one attached hydrogen (secondary N) is 1. The van der Waals surface area contributed by atoms with E-state index >= 15 is 0 Å². The topological polar surface area (TPSA) is 86.5 Å². The van der Waals surface area contributed by atoms with Crippen molar-refractivity contribution in [2.75, 3.05) is 19.8 Å². The lowest BCUT2D eigenvalue weighted by Crippen LogP contribution is -2.25. The molecule has 7 heteroatoms. The number of aromatic nitrogens is 2. The SMILES string of the molecule is CC(C)(C)c1nc(CCNC(=O)CCCc2ccc3c(c2)OCCO3)no1. The van der Waals surface area contributed by atoms with E-state index in [0.717, 1.165) is 29.9 Å². The van der Waals surface area contributed by atoms with Crippen LogP contribution in [0.25, 0.3) is 0 Å². The Labute approximate surface area is 159 Å². The summed E-state index contributed by atoms with van der Waals surface area (Å²) < 4.78 is 16.3. The van der Waals surface area contributed by atoms with Gasteiger partial charge in [-0.2, -0.15) is 4.98 Å². The van der Waals surface area contributed by atoms with Gasteiger partial charge in [-0.05, 0) is 30.5 Å². The van der Waals surface area contributed by atoms with Gasteiger partial charge in [0.2, 0.25) is 11.8 Å². The third kappa shape index (κ3) is 5.45. The average molecular weight is 373 g/mol. The summed E-state index contributed by atoms with van der Waals surface area (Å²) in [5.74, 6) is 2.85. The first-order valence-electron chi connectivity index (χ1n) is 9.40. The minimum Gasteiger partial charge on any atom is -0.486 e. The van der Waals surface area contributed by atoms with Crippen molar-refractivity contribution in [1.29, 1.82) is 0 Å². The number of rotatable bonds is 7. The molecule has 0 bridgehead atoms. The number of amides is 1. The van der Waals surface area contributed by atoms with Gasteiger partial charge >= 0.3 is 0 Å². The average Bonchev–Trinajstić information content (AvgIpc) is 3.11. The van der Waals surface area contributed by atoms with Crippen LogP contribution in [0.1, 0.15) is 50.9 Å². The van der Waals surface area contributed by atoms with Crippen LogP contribution in [0.4, 0.5) is 0 Å². The fourth-order valence-corrected chi connectivity index (χ4v) is 2.76. The molecule has 0 aliphatic carbocycles. The molecular formula is C20H27N3O4. The molecule has 1 aliphatic rings. The molecule has 7 nitrogen and oxygen atoms in total. The van der Waals surface area contributed by atoms with Crippen molar-refractivity contribution in [3.63, 3.8) is 0 Å². The van der Waals surface area contributed by atoms with Gasteiger partial charge in [0.25, 0.3) is 0 Å². The van der Waals surface area contributed by atoms with Gasteiger partial charge in [-0.1, -0.05) is 32.0 Å². The normalized spacial score (nSPS) is 13.4. The van der Waals surface area contributed by atoms with Gasteiger partial charge in [-0.3, -0.25) is 4.79 Å². The maximum Gasteiger partial charge on any atom is 0.232 e. The molecule has 0 spiro atoms. The molecule has 1 aromatic carbocycles. The highest BCUT2D eigenvalue weighted by Crippen LogP contribution is 2.31. The minimum atomic E-state index is -0.164. The van der Waals surface area contributed by atoms with Crippen molar-refractivity contribution < 1.29 is 18.8 Å². The Bertz CT molecular complexity index is 780. The monoisotopic (exact) mass is 373 g/mol. The summed E-state index contributed by atoms with van der Waals surface area (Å²) in [6.07, 6.45) is 2.65. The first-order chi connectivity index (χ1) is 12.9. The molecule has 0 atom stereocenters. The van der Waals surface area contributed by atoms with Crippen LogP contribution in [0, 0.1) is 0 Å². The van der Waals surface area contributed by atoms with E-state index in [2.05, 4.69) is 15.5 Å². The minimum absolute atomic E-state index is 0.0343. The van der Waals surface area contributed by atoms with Crippen molar-refractivity contribution in [2.45, 2.75) is 51.9 Å². The summed E-state index contributed by atoms with van der Waals surface area (Å²) in [5.41, 5.74) is 0.982. The Morgan fingerprint density at radius 1 is 1.15 bits per heavy atom. The standard InChI is InChI=1S/C20H27N3O4/c1-20(2,3)19-22-17(23-27-19)9-10-21-18(24)6-4-5-14-7-8-15-16(13-14)26-12-11-25-15/h7-8,13H,4-6,9-12H2,1-3H3,(H,21,24). The van der Waals surface area contributed by atoms with Crippen LogP contribution in [0.15, 0.2) is 22.7 Å². The number of hydrogen-bond acceptors (Lipinski definition) is 6. The van der Waals surface area contributed by atoms with Gasteiger partial charge in [-0.15, -0.1) is 0 Å². The van der Waals surface area contributed by atoms with E-state index in [1.807, 2.05) is 39.0 Å². The first-order valence-corrected chi connectivity index (χ1v) is 9.40. The Morgan fingerprint density at radius 2 is 1.93 bits per heavy atom. The number of benzene rings is 1. The molecule has 0 saturated carbocycles. The lowest BCUT2D eigenvalue weighted by atomic mass is 9.97. The van der Waals surface area contributed by atoms with Gasteiger partial charge in [-0.25, -0.2) is 0 Å². The van der Waals surface area contributed by atoms with Crippen molar-refractivity contribution in [3.8, 4) is 11.5 Å². The highest BCUT2D eigenvalue weighted by Gasteiger charge is 2.21. The molecule has 0 saturated heterocycles. The molecule has 1 aromatic heterocycles. The zero-order valence-corrected chi connectivity index (χ0v) is 16.2. The van der Waals surface area contributed by atoms with Crippen LogP contribution in [0.3, 0.4) is 0 Å². The predicted octanol–water partition coefficient (Wildman–Crippen LogP) is 2.82. The molecule has 27 heavy (non-hydrogen) atoms. The van der Waals surface area contributed by atoms with Gasteiger partial charge in [0.1, 0.15) is 13.2 Å². The van der Waals surface area contributed by atoms with Crippen LogP contribution in [-0.2, 0) is 23.1 Å². The van der Waals surface area contributed by atoms with E-state index in [4.69, 9.17) is 14.0 Å². The van der Waals surface area contributed by atoms with E-state index in [9.17, 15) is 4.79 Å². The van der Waals surface area contributed by atoms with E-state index in [-0.39, 0.29) is 11.3 Å². The summed E-state index contributed by atoms with van der Waals surface area (Å²) >= 11 is 0. The molecule has 2 heterocycles. The third-order valence-corrected chi connectivity index (χ3v) is 4.26. The fourth-order valence-electron chi connectivity index (χ4n) is 2.76. The molecule has 146 valence electrons. The van der Waals surface area contributed by atoms with E-state index in [0.29, 0.717) is 44.3 Å². The quantitative estimate of drug-likeness (QED) is 0.803. The molecule has 3 rings (SSSR count). The van der Waals surface area contributed by atoms with Crippen LogP contribution in [0.5, 0.6) is 11.5 Å². The predicted molar refractivity (Wildman–Crippen MR) is 100 cm³/mol. The van der Waals surface area contributed by atoms with Crippen LogP contribution in [0.2, 0.25) is 0 Å². The van der Waals surface area contributed by atoms with Gasteiger partial charge < -0.3 is 19.3 Å². The van der Waals surface area contributed by atoms with Crippen molar-refractivity contribution >= 4 is 5.91 Å². The number of carbonyl (C=O) groups excluding carboxylic acids is 1. The lowest BCUT2D eigenvalue weighted by Gasteiger charge is -2.18. The second kappa shape index (κ2) is 8.41. The molecule has 0 radical (unpaired) electrons. The van der Waals surface area contributed by atoms with Gasteiger partial charge in [0.05, 0.1) is 0 Å². The number of aryl methyl sites for hydroxylation is 1. The Morgan fingerprint density at radius 3 is 2.67 bits per heavy atom. The van der Waals surface area contributed by atoms with Crippen molar-refractivity contribution in [2.24, 2.45) is 0 Å². The molecule has 2 aromatic rings. The van der Waals surface area contributed by atoms with Crippen molar-refractivity contribution in [3.05, 3.63) is 35.5 Å². The molecule has 0 fully saturated rings. The van der Waals surface area contributed by atoms with Gasteiger partial charge in [0, 0.05) is 24.8 Å². The van der Waals surface area contributed by atoms with Crippen LogP contribution >= 0.6 is 0 Å². The third-order valence-electron chi connectivity index (χ3n) is 4.26. The molecule has 1 amide bonds. The van der Waals surface area contributed by atoms with Crippen LogP contribution in [-0.4, -0.2) is 35.8 Å². The smallest absolute Gasteiger partial charge is 0.232 e. The van der Waals surface area contributed by atoms with E-state index < -0.39 is 0 Å². The molecule has 1 N–H and O–H groups in total. The zero-order valence-electron chi connectivity index (χ0n) is 16.2. The van der Waals surface area contributed by atoms with Crippen LogP contribution < -0.4 is 14.8 Å². The van der Waals surface area contributed by atoms with Crippen molar-refractivity contribution in [1.82, 2.24) is 15.5 Å². The second-order valence-corrected chi connectivity index (χ2v) is 7.70. The molecular weight excluding hydrogens is 346 g/mol. The number of carbonyl (C=O) groups is 1. The fraction of sp³-hybridized carbons (Fsp3) is 0.550. The Kier molecular flexibility index (Phi) is 5.98. The zero-order chi connectivity index (χ0) is 19.3. The summed E-state index contributed by atoms with van der Waals surface area (Å²) in [4.78, 5) is 16.4. The second-order valence-electron chi connectivity index (χ2n) is 7.70. The first kappa shape index (κ1) is 19.2. The number of nitrogens with zero attached hydrogens (tertiary/aromatic N) is 2. The van der Waals surface area contributed by atoms with E-state index in [1.54, 1.807) is 0 Å². The summed E-state index contributed by atoms with van der Waals surface area (Å²) in [6.45, 7) is 7.74. The maximum absolute atomic E-state index is 12.0. The molecule has 0 unspecified atom stereocenters. The highest BCUT2D eigenvalue weighted by atomic mass is 16.6. The highest BCUT2D eigenvalue weighted by molar-refractivity contribution is 5.75. The Balaban J connectivity index is 1.36. The lowest BCUT2D eigenvalue weighted by molar-refractivity contribution is -0.121. The largest absolute Gasteiger partial charge is 0.486 e. The summed E-state index contributed by atoms with van der Waals surface area (Å²) in [7, 11) is 0. The Hall–Kier alpha value is -2.57. The van der Waals surface area contributed by atoms with Gasteiger partial charge in [0.15, 0.2) is 17.3 Å². The number of hydrogen-bond donors (Lipinski definition) is 1. The maximum atomic E-state index is 12.0. The summed E-state index contributed by atoms with van der Waals surface area (Å²) in [6, 6.07) is 5.95. The summed E-state index contributed by atoms with van der Waals surface area (Å²) in [5, 5.41) is 6.87. The molecule has 1 aliphatic heterocycles. The number of ether oxygens (including phenoxy) is 2. The van der Waals surface area contributed by atoms with E-state index in [1.165, 1.54) is 0 Å².